The molecule has 1 fully saturated rings. The Morgan fingerprint density at radius 3 is 2.69 bits per heavy atom. The molecule has 3 rings (SSSR count). The lowest BCUT2D eigenvalue weighted by Crippen LogP contribution is -2.55. The summed E-state index contributed by atoms with van der Waals surface area (Å²) < 4.78 is 11.2. The molecule has 2 aliphatic rings. The van der Waals surface area contributed by atoms with E-state index in [4.69, 9.17) is 44.9 Å². The van der Waals surface area contributed by atoms with E-state index in [0.717, 1.165) is 13.1 Å². The Morgan fingerprint density at radius 2 is 2.04 bits per heavy atom. The van der Waals surface area contributed by atoms with Crippen LogP contribution in [0.15, 0.2) is 12.1 Å². The summed E-state index contributed by atoms with van der Waals surface area (Å²) in [6, 6.07) is 3.21. The maximum Gasteiger partial charge on any atom is 0.187 e. The maximum atomic E-state index is 13.5. The van der Waals surface area contributed by atoms with E-state index in [2.05, 4.69) is 4.90 Å². The predicted molar refractivity (Wildman–Crippen MR) is 110 cm³/mol. The van der Waals surface area contributed by atoms with Crippen molar-refractivity contribution in [3.8, 4) is 5.75 Å². The molecule has 1 saturated heterocycles. The smallest absolute Gasteiger partial charge is 0.187 e. The van der Waals surface area contributed by atoms with Crippen LogP contribution < -0.4 is 4.74 Å². The van der Waals surface area contributed by atoms with Gasteiger partial charge in [-0.25, -0.2) is 0 Å². The minimum Gasteiger partial charge on any atom is -0.489 e. The van der Waals surface area contributed by atoms with Gasteiger partial charge in [-0.1, -0.05) is 47.2 Å². The summed E-state index contributed by atoms with van der Waals surface area (Å²) in [7, 11) is 3.74. The molecular weight excluding hydrogens is 415 g/mol. The molecule has 0 N–H and O–H groups in total. The van der Waals surface area contributed by atoms with Crippen LogP contribution in [-0.4, -0.2) is 78.2 Å². The van der Waals surface area contributed by atoms with Crippen LogP contribution in [0.3, 0.4) is 0 Å². The van der Waals surface area contributed by atoms with Crippen LogP contribution in [-0.2, 0) is 4.74 Å². The van der Waals surface area contributed by atoms with Crippen LogP contribution in [0.4, 0.5) is 0 Å². The number of hydrogen-bond acceptors (Lipinski definition) is 6. The van der Waals surface area contributed by atoms with Crippen molar-refractivity contribution in [2.24, 2.45) is 0 Å². The minimum absolute atomic E-state index is 0.0520. The molecule has 1 aromatic carbocycles. The second-order valence-corrected chi connectivity index (χ2v) is 9.39. The van der Waals surface area contributed by atoms with Crippen LogP contribution in [0.25, 0.3) is 0 Å². The molecule has 0 aliphatic carbocycles. The average molecular weight is 435 g/mol. The van der Waals surface area contributed by atoms with Gasteiger partial charge in [-0.2, -0.15) is 0 Å². The fourth-order valence-corrected chi connectivity index (χ4v) is 5.09. The molecule has 142 valence electrons. The summed E-state index contributed by atoms with van der Waals surface area (Å²) in [5.41, 5.74) is 0.413. The fraction of sp³-hybridized carbons (Fsp3) is 0.529. The van der Waals surface area contributed by atoms with Gasteiger partial charge in [0.15, 0.2) is 5.78 Å². The first kappa shape index (κ1) is 20.2. The van der Waals surface area contributed by atoms with Crippen molar-refractivity contribution >= 4 is 57.3 Å². The standard InChI is InChI=1S/C17H20Cl2N2O3S2/c1-20(2)16(25)26-17(9-21-3-5-23-6-4-21)10-24-14-12(15(17)22)7-11(18)8-13(14)19/h7-8H,3-6,9-10H2,1-2H3/t17-/m1/s1. The number of rotatable bonds is 3. The summed E-state index contributed by atoms with van der Waals surface area (Å²) in [6.07, 6.45) is 0. The highest BCUT2D eigenvalue weighted by Gasteiger charge is 2.48. The zero-order valence-corrected chi connectivity index (χ0v) is 17.7. The lowest BCUT2D eigenvalue weighted by atomic mass is 9.93. The van der Waals surface area contributed by atoms with E-state index in [1.807, 2.05) is 19.0 Å². The Hall–Kier alpha value is -0.570. The molecule has 2 heterocycles. The summed E-state index contributed by atoms with van der Waals surface area (Å²) in [4.78, 5) is 17.6. The van der Waals surface area contributed by atoms with Gasteiger partial charge in [0.05, 0.1) is 23.8 Å². The summed E-state index contributed by atoms with van der Waals surface area (Å²) in [5, 5.41) is 0.758. The van der Waals surface area contributed by atoms with E-state index in [9.17, 15) is 4.79 Å². The summed E-state index contributed by atoms with van der Waals surface area (Å²) in [5.74, 6) is 0.346. The number of thiocarbonyl (C=S) groups is 1. The largest absolute Gasteiger partial charge is 0.489 e. The van der Waals surface area contributed by atoms with Gasteiger partial charge in [0.25, 0.3) is 0 Å². The molecule has 1 aromatic rings. The van der Waals surface area contributed by atoms with Crippen molar-refractivity contribution in [1.29, 1.82) is 0 Å². The molecule has 9 heteroatoms. The number of ketones is 1. The number of ether oxygens (including phenoxy) is 2. The monoisotopic (exact) mass is 434 g/mol. The second-order valence-electron chi connectivity index (χ2n) is 6.53. The van der Waals surface area contributed by atoms with E-state index >= 15 is 0 Å². The number of hydrogen-bond donors (Lipinski definition) is 0. The molecular formula is C17H20Cl2N2O3S2. The highest BCUT2D eigenvalue weighted by atomic mass is 35.5. The molecule has 2 aliphatic heterocycles. The number of carbonyl (C=O) groups is 1. The van der Waals surface area contributed by atoms with E-state index in [1.165, 1.54) is 11.8 Å². The predicted octanol–water partition coefficient (Wildman–Crippen LogP) is 3.22. The number of benzene rings is 1. The Labute approximate surface area is 172 Å². The van der Waals surface area contributed by atoms with Crippen LogP contribution in [0.2, 0.25) is 10.0 Å². The molecule has 0 amide bonds. The lowest BCUT2D eigenvalue weighted by molar-refractivity contribution is 0.0288. The van der Waals surface area contributed by atoms with E-state index in [0.29, 0.717) is 45.4 Å². The van der Waals surface area contributed by atoms with E-state index in [1.54, 1.807) is 12.1 Å². The molecule has 1 atom stereocenters. The molecule has 26 heavy (non-hydrogen) atoms. The van der Waals surface area contributed by atoms with Crippen molar-refractivity contribution in [2.75, 3.05) is 53.6 Å². The van der Waals surface area contributed by atoms with Gasteiger partial charge in [-0.15, -0.1) is 0 Å². The van der Waals surface area contributed by atoms with Crippen molar-refractivity contribution < 1.29 is 14.3 Å². The SMILES string of the molecule is CN(C)C(=S)S[C@]1(CN2CCOCC2)COc2c(Cl)cc(Cl)cc2C1=O. The molecule has 0 unspecified atom stereocenters. The number of morpholine rings is 1. The molecule has 0 radical (unpaired) electrons. The van der Waals surface area contributed by atoms with Gasteiger partial charge in [0, 0.05) is 38.8 Å². The summed E-state index contributed by atoms with van der Waals surface area (Å²) >= 11 is 19.2. The van der Waals surface area contributed by atoms with Gasteiger partial charge in [-0.05, 0) is 12.1 Å². The maximum absolute atomic E-state index is 13.5. The Morgan fingerprint density at radius 1 is 1.35 bits per heavy atom. The van der Waals surface area contributed by atoms with Gasteiger partial charge in [0.1, 0.15) is 21.4 Å². The highest BCUT2D eigenvalue weighted by molar-refractivity contribution is 8.24. The van der Waals surface area contributed by atoms with Crippen LogP contribution in [0.5, 0.6) is 5.75 Å². The number of halogens is 2. The molecule has 5 nitrogen and oxygen atoms in total. The normalized spacial score (nSPS) is 23.3. The Bertz CT molecular complexity index is 726. The van der Waals surface area contributed by atoms with Gasteiger partial charge in [-0.3, -0.25) is 9.69 Å². The van der Waals surface area contributed by atoms with Crippen LogP contribution >= 0.6 is 47.2 Å². The van der Waals surface area contributed by atoms with Crippen LogP contribution in [0, 0.1) is 0 Å². The van der Waals surface area contributed by atoms with Crippen LogP contribution in [0.1, 0.15) is 10.4 Å². The van der Waals surface area contributed by atoms with Crippen molar-refractivity contribution in [1.82, 2.24) is 9.80 Å². The fourth-order valence-electron chi connectivity index (χ4n) is 2.98. The molecule has 0 spiro atoms. The van der Waals surface area contributed by atoms with Crippen molar-refractivity contribution in [3.63, 3.8) is 0 Å². The topological polar surface area (TPSA) is 42.0 Å². The molecule has 0 aromatic heterocycles. The Kier molecular flexibility index (Phi) is 6.37. The van der Waals surface area contributed by atoms with Gasteiger partial charge < -0.3 is 14.4 Å². The highest BCUT2D eigenvalue weighted by Crippen LogP contribution is 2.43. The quantitative estimate of drug-likeness (QED) is 0.676. The Balaban J connectivity index is 1.97. The second kappa shape index (κ2) is 8.20. The zero-order valence-electron chi connectivity index (χ0n) is 14.6. The van der Waals surface area contributed by atoms with Crippen molar-refractivity contribution in [2.45, 2.75) is 4.75 Å². The first-order valence-corrected chi connectivity index (χ1v) is 10.2. The van der Waals surface area contributed by atoms with Gasteiger partial charge >= 0.3 is 0 Å². The molecule has 0 bridgehead atoms. The lowest BCUT2D eigenvalue weighted by Gasteiger charge is -2.41. The van der Waals surface area contributed by atoms with Crippen molar-refractivity contribution in [3.05, 3.63) is 27.7 Å². The number of fused-ring (bicyclic) bond motifs is 1. The first-order chi connectivity index (χ1) is 12.3. The third kappa shape index (κ3) is 4.13. The number of carbonyl (C=O) groups excluding carboxylic acids is 1. The number of Topliss-reactive ketones (excluding diaryl/α,β-unsaturated/α-hetero) is 1. The number of nitrogens with zero attached hydrogens (tertiary/aromatic N) is 2. The van der Waals surface area contributed by atoms with E-state index < -0.39 is 4.75 Å². The number of thioether (sulfide) groups is 1. The van der Waals surface area contributed by atoms with E-state index in [-0.39, 0.29) is 12.4 Å². The third-order valence-corrected chi connectivity index (χ3v) is 6.82. The zero-order chi connectivity index (χ0) is 18.9. The minimum atomic E-state index is -0.848. The third-order valence-electron chi connectivity index (χ3n) is 4.35. The molecule has 0 saturated carbocycles. The van der Waals surface area contributed by atoms with Gasteiger partial charge in [0.2, 0.25) is 0 Å². The first-order valence-electron chi connectivity index (χ1n) is 8.19. The average Bonchev–Trinajstić information content (AvgIpc) is 2.59. The summed E-state index contributed by atoms with van der Waals surface area (Å²) in [6.45, 7) is 3.58.